The van der Waals surface area contributed by atoms with E-state index in [-0.39, 0.29) is 22.8 Å². The van der Waals surface area contributed by atoms with E-state index in [9.17, 15) is 19.2 Å². The topological polar surface area (TPSA) is 105 Å². The molecule has 0 saturated heterocycles. The number of benzene rings is 3. The standard InChI is InChI=1S/C34H24O8/c1-5-31(35)39-20-19-24-11-9-23(10-12-24)13-14-26-21-30(42-34(38)8-4)28(22-29(26)41-33(37)7-3)25-15-17-27(18-16-25)40-32(36)6-2/h5-12,15-22H,1-4H2. The molecule has 0 spiro atoms. The predicted octanol–water partition coefficient (Wildman–Crippen LogP) is 5.73. The fourth-order valence-electron chi connectivity index (χ4n) is 3.26. The van der Waals surface area contributed by atoms with Gasteiger partial charge in [-0.2, -0.15) is 0 Å². The number of hydrogen-bond donors (Lipinski definition) is 0. The van der Waals surface area contributed by atoms with Crippen molar-refractivity contribution >= 4 is 30.0 Å². The van der Waals surface area contributed by atoms with Gasteiger partial charge in [-0.1, -0.05) is 62.4 Å². The van der Waals surface area contributed by atoms with Gasteiger partial charge in [0.25, 0.3) is 0 Å². The van der Waals surface area contributed by atoms with Gasteiger partial charge in [-0.15, -0.1) is 0 Å². The minimum Gasteiger partial charge on any atom is -0.431 e. The Balaban J connectivity index is 2.03. The summed E-state index contributed by atoms with van der Waals surface area (Å²) < 4.78 is 20.9. The van der Waals surface area contributed by atoms with Crippen molar-refractivity contribution in [2.45, 2.75) is 0 Å². The highest BCUT2D eigenvalue weighted by Crippen LogP contribution is 2.37. The van der Waals surface area contributed by atoms with E-state index < -0.39 is 23.9 Å². The first-order valence-corrected chi connectivity index (χ1v) is 12.2. The first-order valence-electron chi connectivity index (χ1n) is 12.2. The summed E-state index contributed by atoms with van der Waals surface area (Å²) in [7, 11) is 0. The molecule has 0 aromatic heterocycles. The Morgan fingerprint density at radius 2 is 1.19 bits per heavy atom. The summed E-state index contributed by atoms with van der Waals surface area (Å²) in [5.74, 6) is 3.78. The van der Waals surface area contributed by atoms with Gasteiger partial charge < -0.3 is 18.9 Å². The summed E-state index contributed by atoms with van der Waals surface area (Å²) in [6.45, 7) is 13.6. The maximum Gasteiger partial charge on any atom is 0.335 e. The van der Waals surface area contributed by atoms with Crippen LogP contribution in [0.2, 0.25) is 0 Å². The lowest BCUT2D eigenvalue weighted by atomic mass is 10.0. The molecule has 0 aliphatic carbocycles. The van der Waals surface area contributed by atoms with Gasteiger partial charge in [0.2, 0.25) is 0 Å². The first-order chi connectivity index (χ1) is 20.3. The minimum absolute atomic E-state index is 0.0894. The fraction of sp³-hybridized carbons (Fsp3) is 0. The Morgan fingerprint density at radius 1 is 0.619 bits per heavy atom. The number of carbonyl (C=O) groups excluding carboxylic acids is 4. The van der Waals surface area contributed by atoms with Crippen molar-refractivity contribution < 1.29 is 38.1 Å². The Kier molecular flexibility index (Phi) is 10.7. The average Bonchev–Trinajstić information content (AvgIpc) is 3.01. The average molecular weight is 561 g/mol. The maximum atomic E-state index is 12.2. The van der Waals surface area contributed by atoms with Gasteiger partial charge in [0, 0.05) is 41.5 Å². The molecule has 3 rings (SSSR count). The van der Waals surface area contributed by atoms with E-state index in [2.05, 4.69) is 38.2 Å². The molecule has 0 fully saturated rings. The Hall–Kier alpha value is -6.20. The van der Waals surface area contributed by atoms with Crippen LogP contribution in [0.4, 0.5) is 0 Å². The molecule has 0 bridgehead atoms. The van der Waals surface area contributed by atoms with Crippen molar-refractivity contribution in [1.29, 1.82) is 0 Å². The Morgan fingerprint density at radius 3 is 1.79 bits per heavy atom. The lowest BCUT2D eigenvalue weighted by Crippen LogP contribution is -2.08. The van der Waals surface area contributed by atoms with E-state index in [1.165, 1.54) is 18.4 Å². The largest absolute Gasteiger partial charge is 0.431 e. The van der Waals surface area contributed by atoms with E-state index in [1.54, 1.807) is 54.6 Å². The fourth-order valence-corrected chi connectivity index (χ4v) is 3.26. The lowest BCUT2D eigenvalue weighted by molar-refractivity contribution is -0.132. The highest BCUT2D eigenvalue weighted by Gasteiger charge is 2.17. The third-order valence-electron chi connectivity index (χ3n) is 5.25. The summed E-state index contributed by atoms with van der Waals surface area (Å²) >= 11 is 0. The van der Waals surface area contributed by atoms with Crippen molar-refractivity contribution in [3.63, 3.8) is 0 Å². The molecule has 0 radical (unpaired) electrons. The van der Waals surface area contributed by atoms with Crippen molar-refractivity contribution in [3.8, 4) is 40.2 Å². The normalized spacial score (nSPS) is 9.90. The zero-order valence-corrected chi connectivity index (χ0v) is 22.3. The van der Waals surface area contributed by atoms with Crippen molar-refractivity contribution in [2.75, 3.05) is 0 Å². The van der Waals surface area contributed by atoms with Crippen LogP contribution < -0.4 is 14.2 Å². The summed E-state index contributed by atoms with van der Waals surface area (Å²) in [5.41, 5.74) is 2.56. The second kappa shape index (κ2) is 14.8. The molecule has 8 nitrogen and oxygen atoms in total. The van der Waals surface area contributed by atoms with Crippen LogP contribution >= 0.6 is 0 Å². The molecule has 0 aliphatic heterocycles. The van der Waals surface area contributed by atoms with Gasteiger partial charge in [-0.05, 0) is 47.5 Å². The SMILES string of the molecule is C=CC(=O)OC=Cc1ccc(C#Cc2cc(OC(=O)C=C)c(-c3ccc(OC(=O)C=C)cc3)cc2OC(=O)C=C)cc1. The predicted molar refractivity (Wildman–Crippen MR) is 157 cm³/mol. The number of ether oxygens (including phenoxy) is 4. The second-order valence-electron chi connectivity index (χ2n) is 8.06. The number of esters is 4. The Bertz CT molecular complexity index is 1650. The molecule has 0 unspecified atom stereocenters. The number of rotatable bonds is 10. The van der Waals surface area contributed by atoms with Crippen LogP contribution in [0.25, 0.3) is 17.2 Å². The molecule has 0 heterocycles. The second-order valence-corrected chi connectivity index (χ2v) is 8.06. The van der Waals surface area contributed by atoms with E-state index in [0.717, 1.165) is 29.9 Å². The van der Waals surface area contributed by atoms with Crippen LogP contribution in [0.1, 0.15) is 16.7 Å². The van der Waals surface area contributed by atoms with Gasteiger partial charge >= 0.3 is 23.9 Å². The van der Waals surface area contributed by atoms with Crippen LogP contribution in [0.5, 0.6) is 17.2 Å². The summed E-state index contributed by atoms with van der Waals surface area (Å²) in [5, 5.41) is 0. The van der Waals surface area contributed by atoms with Crippen molar-refractivity contribution in [3.05, 3.63) is 134 Å². The molecule has 0 amide bonds. The van der Waals surface area contributed by atoms with Gasteiger partial charge in [0.05, 0.1) is 11.8 Å². The van der Waals surface area contributed by atoms with E-state index in [1.807, 2.05) is 0 Å². The zero-order chi connectivity index (χ0) is 30.5. The third-order valence-corrected chi connectivity index (χ3v) is 5.25. The quantitative estimate of drug-likeness (QED) is 0.102. The molecule has 42 heavy (non-hydrogen) atoms. The maximum absolute atomic E-state index is 12.2. The van der Waals surface area contributed by atoms with Crippen molar-refractivity contribution in [1.82, 2.24) is 0 Å². The van der Waals surface area contributed by atoms with Crippen LogP contribution in [0.3, 0.4) is 0 Å². The van der Waals surface area contributed by atoms with Crippen LogP contribution in [-0.4, -0.2) is 23.9 Å². The molecule has 3 aromatic rings. The zero-order valence-electron chi connectivity index (χ0n) is 22.3. The molecule has 0 aliphatic rings. The summed E-state index contributed by atoms with van der Waals surface area (Å²) in [6.07, 6.45) is 6.95. The molecule has 0 N–H and O–H groups in total. The highest BCUT2D eigenvalue weighted by molar-refractivity contribution is 5.88. The monoisotopic (exact) mass is 560 g/mol. The molecule has 0 atom stereocenters. The minimum atomic E-state index is -0.722. The smallest absolute Gasteiger partial charge is 0.335 e. The van der Waals surface area contributed by atoms with E-state index in [0.29, 0.717) is 16.7 Å². The van der Waals surface area contributed by atoms with Gasteiger partial charge in [0.1, 0.15) is 17.2 Å². The van der Waals surface area contributed by atoms with Crippen molar-refractivity contribution in [2.24, 2.45) is 0 Å². The molecule has 8 heteroatoms. The van der Waals surface area contributed by atoms with E-state index >= 15 is 0 Å². The lowest BCUT2D eigenvalue weighted by Gasteiger charge is -2.14. The molecular formula is C34H24O8. The van der Waals surface area contributed by atoms with Crippen LogP contribution in [0.15, 0.2) is 118 Å². The molecule has 3 aromatic carbocycles. The first kappa shape index (κ1) is 30.3. The number of carbonyl (C=O) groups is 4. The summed E-state index contributed by atoms with van der Waals surface area (Å²) in [6, 6.07) is 16.3. The summed E-state index contributed by atoms with van der Waals surface area (Å²) in [4.78, 5) is 47.0. The van der Waals surface area contributed by atoms with Gasteiger partial charge in [0.15, 0.2) is 0 Å². The molecule has 0 saturated carbocycles. The number of hydrogen-bond acceptors (Lipinski definition) is 8. The van der Waals surface area contributed by atoms with Crippen LogP contribution in [0, 0.1) is 11.8 Å². The van der Waals surface area contributed by atoms with Gasteiger partial charge in [-0.25, -0.2) is 19.2 Å². The third kappa shape index (κ3) is 8.66. The molecule has 208 valence electrons. The highest BCUT2D eigenvalue weighted by atomic mass is 16.5. The van der Waals surface area contributed by atoms with Gasteiger partial charge in [-0.3, -0.25) is 0 Å². The van der Waals surface area contributed by atoms with Crippen LogP contribution in [-0.2, 0) is 23.9 Å². The van der Waals surface area contributed by atoms with E-state index in [4.69, 9.17) is 18.9 Å². The molecular weight excluding hydrogens is 536 g/mol. The Labute approximate surface area is 242 Å².